The van der Waals surface area contributed by atoms with Gasteiger partial charge in [-0.1, -0.05) is 212 Å². The van der Waals surface area contributed by atoms with Crippen molar-refractivity contribution in [2.24, 2.45) is 0 Å². The third-order valence-corrected chi connectivity index (χ3v) is 10.3. The third-order valence-electron chi connectivity index (χ3n) is 10.3. The largest absolute Gasteiger partial charge is 0.351 e. The number of aromatic amines is 1. The predicted octanol–water partition coefficient (Wildman–Crippen LogP) is 15.1. The Morgan fingerprint density at radius 2 is 0.745 bits per heavy atom. The molecule has 1 heterocycles. The van der Waals surface area contributed by atoms with E-state index in [0.717, 1.165) is 36.6 Å². The Bertz CT molecular complexity index is 1040. The molecule has 47 heavy (non-hydrogen) atoms. The lowest BCUT2D eigenvalue weighted by atomic mass is 9.97. The van der Waals surface area contributed by atoms with Crippen molar-refractivity contribution < 1.29 is 9.59 Å². The number of Topliss-reactive ketones (excluding diaryl/α,β-unsaturated/α-hetero) is 2. The number of ketones is 2. The predicted molar refractivity (Wildman–Crippen MR) is 206 cm³/mol. The van der Waals surface area contributed by atoms with Gasteiger partial charge in [0.1, 0.15) is 0 Å². The number of benzene rings is 1. The number of H-pyrrole nitrogens is 1. The van der Waals surface area contributed by atoms with Crippen LogP contribution < -0.4 is 0 Å². The Morgan fingerprint density at radius 1 is 0.426 bits per heavy atom. The molecule has 1 N–H and O–H groups in total. The van der Waals surface area contributed by atoms with Gasteiger partial charge in [0.15, 0.2) is 11.6 Å². The van der Waals surface area contributed by atoms with Gasteiger partial charge in [-0.25, -0.2) is 0 Å². The van der Waals surface area contributed by atoms with Gasteiger partial charge in [-0.05, 0) is 18.9 Å². The van der Waals surface area contributed by atoms with E-state index in [1.165, 1.54) is 167 Å². The first-order valence-corrected chi connectivity index (χ1v) is 20.9. The molecule has 0 saturated carbocycles. The first-order valence-electron chi connectivity index (χ1n) is 20.9. The summed E-state index contributed by atoms with van der Waals surface area (Å²) in [6.07, 6.45) is 40.7. The van der Waals surface area contributed by atoms with Crippen LogP contribution in [0.25, 0.3) is 10.9 Å². The minimum atomic E-state index is 0.107. The van der Waals surface area contributed by atoms with Crippen molar-refractivity contribution in [1.82, 2.24) is 4.98 Å². The van der Waals surface area contributed by atoms with Crippen LogP contribution in [0.15, 0.2) is 24.3 Å². The zero-order valence-electron chi connectivity index (χ0n) is 31.3. The summed E-state index contributed by atoms with van der Waals surface area (Å²) in [5.41, 5.74) is 2.12. The van der Waals surface area contributed by atoms with Crippen LogP contribution in [0.2, 0.25) is 0 Å². The molecule has 268 valence electrons. The smallest absolute Gasteiger partial charge is 0.179 e. The Hall–Kier alpha value is -1.90. The number of para-hydroxylation sites is 1. The molecule has 3 heteroatoms. The molecule has 2 rings (SSSR count). The number of carbonyl (C=O) groups is 2. The van der Waals surface area contributed by atoms with Gasteiger partial charge in [-0.3, -0.25) is 9.59 Å². The molecule has 0 radical (unpaired) electrons. The van der Waals surface area contributed by atoms with Crippen molar-refractivity contribution in [1.29, 1.82) is 0 Å². The minimum Gasteiger partial charge on any atom is -0.351 e. The van der Waals surface area contributed by atoms with Gasteiger partial charge in [-0.15, -0.1) is 0 Å². The molecule has 0 bridgehead atoms. The highest BCUT2D eigenvalue weighted by Crippen LogP contribution is 2.27. The molecule has 0 spiro atoms. The molecule has 2 aromatic rings. The fourth-order valence-corrected chi connectivity index (χ4v) is 7.20. The molecule has 0 saturated heterocycles. The second-order valence-electron chi connectivity index (χ2n) is 14.7. The number of aromatic nitrogens is 1. The highest BCUT2D eigenvalue weighted by Gasteiger charge is 2.22. The molecule has 0 aliphatic heterocycles. The summed E-state index contributed by atoms with van der Waals surface area (Å²) in [5.74, 6) is 0.243. The van der Waals surface area contributed by atoms with Crippen LogP contribution >= 0.6 is 0 Å². The lowest BCUT2D eigenvalue weighted by molar-refractivity contribution is 0.0944. The maximum absolute atomic E-state index is 13.4. The summed E-state index contributed by atoms with van der Waals surface area (Å²) < 4.78 is 0. The maximum Gasteiger partial charge on any atom is 0.179 e. The van der Waals surface area contributed by atoms with Crippen LogP contribution in [0, 0.1) is 0 Å². The lowest BCUT2D eigenvalue weighted by Gasteiger charge is -2.06. The highest BCUT2D eigenvalue weighted by molar-refractivity contribution is 6.16. The number of hydrogen-bond donors (Lipinski definition) is 1. The van der Waals surface area contributed by atoms with Crippen molar-refractivity contribution in [2.75, 3.05) is 0 Å². The zero-order valence-corrected chi connectivity index (χ0v) is 31.3. The van der Waals surface area contributed by atoms with E-state index in [1.54, 1.807) is 0 Å². The second-order valence-corrected chi connectivity index (χ2v) is 14.7. The standard InChI is InChI=1S/C44H75NO2/c1-3-5-7-9-11-13-15-17-19-21-23-25-27-29-31-37-41(46)43-39-35-33-34-36-40(39)45-44(43)42(47)38-32-30-28-26-24-22-20-18-16-14-12-10-8-6-4-2/h33-36,45H,3-32,37-38H2,1-2H3. The Morgan fingerprint density at radius 3 is 1.13 bits per heavy atom. The van der Waals surface area contributed by atoms with E-state index >= 15 is 0 Å². The maximum atomic E-state index is 13.4. The quantitative estimate of drug-likeness (QED) is 0.0606. The van der Waals surface area contributed by atoms with E-state index in [-0.39, 0.29) is 11.6 Å². The molecule has 0 atom stereocenters. The first-order chi connectivity index (χ1) is 23.2. The molecule has 0 aliphatic rings. The molecule has 1 aromatic carbocycles. The number of unbranched alkanes of at least 4 members (excludes halogenated alkanes) is 28. The number of hydrogen-bond acceptors (Lipinski definition) is 2. The normalized spacial score (nSPS) is 11.5. The second kappa shape index (κ2) is 29.1. The zero-order chi connectivity index (χ0) is 33.6. The third kappa shape index (κ3) is 19.6. The summed E-state index contributed by atoms with van der Waals surface area (Å²) in [4.78, 5) is 30.1. The Labute approximate surface area is 291 Å². The molecule has 0 aliphatic carbocycles. The minimum absolute atomic E-state index is 0.107. The molecule has 0 unspecified atom stereocenters. The van der Waals surface area contributed by atoms with Crippen LogP contribution in [0.5, 0.6) is 0 Å². The van der Waals surface area contributed by atoms with Gasteiger partial charge in [0.05, 0.1) is 11.3 Å². The number of nitrogens with one attached hydrogen (secondary N) is 1. The average molecular weight is 650 g/mol. The SMILES string of the molecule is CCCCCCCCCCCCCCCCCC(=O)c1[nH]c2ccccc2c1C(=O)CCCCCCCCCCCCCCCCC. The van der Waals surface area contributed by atoms with Gasteiger partial charge in [0.25, 0.3) is 0 Å². The van der Waals surface area contributed by atoms with Gasteiger partial charge in [0.2, 0.25) is 0 Å². The molecule has 3 nitrogen and oxygen atoms in total. The van der Waals surface area contributed by atoms with Gasteiger partial charge >= 0.3 is 0 Å². The van der Waals surface area contributed by atoms with Gasteiger partial charge in [-0.2, -0.15) is 0 Å². The van der Waals surface area contributed by atoms with Crippen molar-refractivity contribution in [3.05, 3.63) is 35.5 Å². The van der Waals surface area contributed by atoms with Crippen LogP contribution in [0.1, 0.15) is 240 Å². The topological polar surface area (TPSA) is 49.9 Å². The van der Waals surface area contributed by atoms with E-state index < -0.39 is 0 Å². The Balaban J connectivity index is 1.56. The Kier molecular flexibility index (Phi) is 25.5. The lowest BCUT2D eigenvalue weighted by Crippen LogP contribution is -2.08. The van der Waals surface area contributed by atoms with Gasteiger partial charge in [0, 0.05) is 23.7 Å². The van der Waals surface area contributed by atoms with Crippen molar-refractivity contribution in [2.45, 2.75) is 219 Å². The van der Waals surface area contributed by atoms with Crippen LogP contribution in [-0.4, -0.2) is 16.6 Å². The van der Waals surface area contributed by atoms with E-state index in [1.807, 2.05) is 24.3 Å². The monoisotopic (exact) mass is 650 g/mol. The van der Waals surface area contributed by atoms with Crippen LogP contribution in [0.3, 0.4) is 0 Å². The first kappa shape index (κ1) is 41.3. The van der Waals surface area contributed by atoms with E-state index in [4.69, 9.17) is 0 Å². The summed E-state index contributed by atoms with van der Waals surface area (Å²) in [5, 5.41) is 0.915. The molecule has 0 amide bonds. The summed E-state index contributed by atoms with van der Waals surface area (Å²) in [6, 6.07) is 7.94. The van der Waals surface area contributed by atoms with E-state index in [2.05, 4.69) is 18.8 Å². The molecular weight excluding hydrogens is 574 g/mol. The highest BCUT2D eigenvalue weighted by atomic mass is 16.1. The van der Waals surface area contributed by atoms with Crippen LogP contribution in [0.4, 0.5) is 0 Å². The average Bonchev–Trinajstić information content (AvgIpc) is 3.48. The molecular formula is C44H75NO2. The number of fused-ring (bicyclic) bond motifs is 1. The fourth-order valence-electron chi connectivity index (χ4n) is 7.20. The van der Waals surface area contributed by atoms with Crippen molar-refractivity contribution in [3.63, 3.8) is 0 Å². The molecule has 1 aromatic heterocycles. The van der Waals surface area contributed by atoms with Crippen molar-refractivity contribution >= 4 is 22.5 Å². The van der Waals surface area contributed by atoms with Crippen LogP contribution in [-0.2, 0) is 0 Å². The summed E-state index contributed by atoms with van der Waals surface area (Å²) in [6.45, 7) is 4.57. The fraction of sp³-hybridized carbons (Fsp3) is 0.773. The van der Waals surface area contributed by atoms with E-state index in [9.17, 15) is 9.59 Å². The number of rotatable bonds is 34. The van der Waals surface area contributed by atoms with Crippen molar-refractivity contribution in [3.8, 4) is 0 Å². The van der Waals surface area contributed by atoms with Gasteiger partial charge < -0.3 is 4.98 Å². The summed E-state index contributed by atoms with van der Waals surface area (Å²) >= 11 is 0. The summed E-state index contributed by atoms with van der Waals surface area (Å²) in [7, 11) is 0. The molecule has 0 fully saturated rings. The number of carbonyl (C=O) groups excluding carboxylic acids is 2. The van der Waals surface area contributed by atoms with E-state index in [0.29, 0.717) is 24.1 Å².